The molecule has 3 heterocycles. The minimum Gasteiger partial charge on any atom is -0.366 e. The molecule has 1 aliphatic heterocycles. The molecule has 1 aromatic carbocycles. The first-order valence-corrected chi connectivity index (χ1v) is 8.35. The molecule has 0 radical (unpaired) electrons. The first kappa shape index (κ1) is 15.6. The predicted molar refractivity (Wildman–Crippen MR) is 95.3 cm³/mol. The molecule has 1 saturated heterocycles. The third-order valence-electron chi connectivity index (χ3n) is 4.50. The molecular weight excluding hydrogens is 316 g/mol. The molecule has 128 valence electrons. The molecule has 1 atom stereocenters. The topological polar surface area (TPSA) is 88.5 Å². The Morgan fingerprint density at radius 2 is 2.24 bits per heavy atom. The van der Waals surface area contributed by atoms with Crippen LogP contribution in [0.3, 0.4) is 0 Å². The summed E-state index contributed by atoms with van der Waals surface area (Å²) in [6, 6.07) is 11.8. The second kappa shape index (κ2) is 6.52. The highest BCUT2D eigenvalue weighted by atomic mass is 16.1. The number of carbonyl (C=O) groups is 1. The molecule has 25 heavy (non-hydrogen) atoms. The zero-order valence-corrected chi connectivity index (χ0v) is 13.8. The molecule has 7 heteroatoms. The van der Waals surface area contributed by atoms with Crippen molar-refractivity contribution in [2.24, 2.45) is 5.73 Å². The molecule has 1 aliphatic rings. The van der Waals surface area contributed by atoms with Crippen LogP contribution in [-0.2, 0) is 6.54 Å². The Hall–Kier alpha value is -2.93. The summed E-state index contributed by atoms with van der Waals surface area (Å²) in [5, 5.41) is 8.00. The van der Waals surface area contributed by atoms with E-state index in [2.05, 4.69) is 20.3 Å². The van der Waals surface area contributed by atoms with Gasteiger partial charge in [-0.3, -0.25) is 9.69 Å². The lowest BCUT2D eigenvalue weighted by molar-refractivity contribution is 0.1000. The average Bonchev–Trinajstić information content (AvgIpc) is 3.24. The molecule has 7 nitrogen and oxygen atoms in total. The molecule has 1 unspecified atom stereocenters. The summed E-state index contributed by atoms with van der Waals surface area (Å²) in [6.45, 7) is 2.75. The Balaban J connectivity index is 1.38. The van der Waals surface area contributed by atoms with Crippen molar-refractivity contribution in [3.8, 4) is 0 Å². The maximum absolute atomic E-state index is 11.3. The molecule has 0 spiro atoms. The van der Waals surface area contributed by atoms with Crippen molar-refractivity contribution < 1.29 is 4.79 Å². The summed E-state index contributed by atoms with van der Waals surface area (Å²) in [6.07, 6.45) is 4.63. The van der Waals surface area contributed by atoms with Crippen LogP contribution in [0, 0.1) is 0 Å². The van der Waals surface area contributed by atoms with E-state index in [9.17, 15) is 4.79 Å². The van der Waals surface area contributed by atoms with Gasteiger partial charge < -0.3 is 11.1 Å². The summed E-state index contributed by atoms with van der Waals surface area (Å²) in [4.78, 5) is 17.9. The average molecular weight is 336 g/mol. The Morgan fingerprint density at radius 1 is 1.32 bits per heavy atom. The number of hydrogen-bond donors (Lipinski definition) is 2. The fourth-order valence-corrected chi connectivity index (χ4v) is 3.28. The maximum atomic E-state index is 11.3. The highest BCUT2D eigenvalue weighted by Gasteiger charge is 2.22. The molecule has 2 aromatic heterocycles. The largest absolute Gasteiger partial charge is 0.366 e. The van der Waals surface area contributed by atoms with Gasteiger partial charge in [0.15, 0.2) is 5.65 Å². The van der Waals surface area contributed by atoms with Crippen LogP contribution in [0.1, 0.15) is 22.3 Å². The smallest absolute Gasteiger partial charge is 0.248 e. The van der Waals surface area contributed by atoms with Crippen LogP contribution in [0.4, 0.5) is 5.82 Å². The van der Waals surface area contributed by atoms with Crippen molar-refractivity contribution in [1.29, 1.82) is 0 Å². The lowest BCUT2D eigenvalue weighted by Crippen LogP contribution is -2.26. The molecular formula is C18H20N6O. The number of nitrogens with two attached hydrogens (primary N) is 1. The van der Waals surface area contributed by atoms with Crippen molar-refractivity contribution in [3.63, 3.8) is 0 Å². The number of rotatable bonds is 5. The van der Waals surface area contributed by atoms with Gasteiger partial charge >= 0.3 is 0 Å². The lowest BCUT2D eigenvalue weighted by atomic mass is 10.1. The summed E-state index contributed by atoms with van der Waals surface area (Å²) >= 11 is 0. The number of fused-ring (bicyclic) bond motifs is 1. The number of primary amides is 1. The van der Waals surface area contributed by atoms with Crippen LogP contribution >= 0.6 is 0 Å². The molecule has 1 fully saturated rings. The molecule has 4 rings (SSSR count). The molecule has 0 bridgehead atoms. The van der Waals surface area contributed by atoms with Crippen molar-refractivity contribution in [3.05, 3.63) is 59.9 Å². The molecule has 1 amide bonds. The van der Waals surface area contributed by atoms with Crippen LogP contribution in [-0.4, -0.2) is 44.5 Å². The van der Waals surface area contributed by atoms with Gasteiger partial charge in [0, 0.05) is 43.6 Å². The molecule has 0 saturated carbocycles. The minimum absolute atomic E-state index is 0.354. The fourth-order valence-electron chi connectivity index (χ4n) is 3.28. The number of carbonyl (C=O) groups excluding carboxylic acids is 1. The van der Waals surface area contributed by atoms with Crippen molar-refractivity contribution in [2.45, 2.75) is 19.0 Å². The van der Waals surface area contributed by atoms with Gasteiger partial charge in [-0.25, -0.2) is 9.50 Å². The van der Waals surface area contributed by atoms with E-state index in [0.29, 0.717) is 11.6 Å². The van der Waals surface area contributed by atoms with E-state index in [4.69, 9.17) is 5.73 Å². The number of likely N-dealkylation sites (tertiary alicyclic amines) is 1. The number of benzene rings is 1. The third kappa shape index (κ3) is 3.46. The number of aromatic nitrogens is 3. The summed E-state index contributed by atoms with van der Waals surface area (Å²) in [5.74, 6) is 0.469. The fraction of sp³-hybridized carbons (Fsp3) is 0.278. The van der Waals surface area contributed by atoms with Crippen LogP contribution < -0.4 is 11.1 Å². The van der Waals surface area contributed by atoms with Crippen LogP contribution in [0.5, 0.6) is 0 Å². The van der Waals surface area contributed by atoms with E-state index in [1.165, 1.54) is 0 Å². The number of nitrogens with zero attached hydrogens (tertiary/aromatic N) is 4. The van der Waals surface area contributed by atoms with Crippen LogP contribution in [0.2, 0.25) is 0 Å². The van der Waals surface area contributed by atoms with Crippen molar-refractivity contribution >= 4 is 17.4 Å². The zero-order chi connectivity index (χ0) is 17.2. The van der Waals surface area contributed by atoms with E-state index in [0.717, 1.165) is 43.1 Å². The summed E-state index contributed by atoms with van der Waals surface area (Å²) < 4.78 is 1.77. The van der Waals surface area contributed by atoms with Gasteiger partial charge in [-0.05, 0) is 36.2 Å². The normalized spacial score (nSPS) is 17.8. The monoisotopic (exact) mass is 336 g/mol. The van der Waals surface area contributed by atoms with E-state index < -0.39 is 0 Å². The summed E-state index contributed by atoms with van der Waals surface area (Å²) in [7, 11) is 0. The minimum atomic E-state index is -0.385. The van der Waals surface area contributed by atoms with Gasteiger partial charge in [0.25, 0.3) is 0 Å². The Morgan fingerprint density at radius 3 is 3.12 bits per heavy atom. The highest BCUT2D eigenvalue weighted by Crippen LogP contribution is 2.17. The van der Waals surface area contributed by atoms with Crippen LogP contribution in [0.15, 0.2) is 48.8 Å². The van der Waals surface area contributed by atoms with Gasteiger partial charge in [-0.1, -0.05) is 12.1 Å². The number of amides is 1. The first-order chi connectivity index (χ1) is 12.2. The third-order valence-corrected chi connectivity index (χ3v) is 4.50. The Labute approximate surface area is 145 Å². The Bertz CT molecular complexity index is 905. The SMILES string of the molecule is NC(=O)c1cccc(CN2CCC(Nc3ccc4nccn4n3)C2)c1. The second-order valence-corrected chi connectivity index (χ2v) is 6.38. The number of hydrogen-bond acceptors (Lipinski definition) is 5. The van der Waals surface area contributed by atoms with Gasteiger partial charge in [0.05, 0.1) is 0 Å². The highest BCUT2D eigenvalue weighted by molar-refractivity contribution is 5.92. The Kier molecular flexibility index (Phi) is 4.07. The standard InChI is InChI=1S/C18H20N6O/c19-18(25)14-3-1-2-13(10-14)11-23-8-6-15(12-23)21-16-4-5-17-20-7-9-24(17)22-16/h1-5,7,9-10,15H,6,8,11-12H2,(H2,19,25)(H,21,22). The van der Waals surface area contributed by atoms with Crippen molar-refractivity contribution in [2.75, 3.05) is 18.4 Å². The maximum Gasteiger partial charge on any atom is 0.248 e. The summed E-state index contributed by atoms with van der Waals surface area (Å²) in [5.41, 5.74) is 7.86. The quantitative estimate of drug-likeness (QED) is 0.737. The second-order valence-electron chi connectivity index (χ2n) is 6.38. The predicted octanol–water partition coefficient (Wildman–Crippen LogP) is 1.51. The number of nitrogens with one attached hydrogen (secondary N) is 1. The van der Waals surface area contributed by atoms with Crippen LogP contribution in [0.25, 0.3) is 5.65 Å². The van der Waals surface area contributed by atoms with E-state index in [1.54, 1.807) is 16.8 Å². The van der Waals surface area contributed by atoms with Gasteiger partial charge in [-0.2, -0.15) is 0 Å². The molecule has 3 aromatic rings. The molecule has 3 N–H and O–H groups in total. The van der Waals surface area contributed by atoms with Crippen molar-refractivity contribution in [1.82, 2.24) is 19.5 Å². The number of anilines is 1. The first-order valence-electron chi connectivity index (χ1n) is 8.35. The van der Waals surface area contributed by atoms with Gasteiger partial charge in [0.2, 0.25) is 5.91 Å². The van der Waals surface area contributed by atoms with E-state index >= 15 is 0 Å². The van der Waals surface area contributed by atoms with Gasteiger partial charge in [-0.15, -0.1) is 5.10 Å². The van der Waals surface area contributed by atoms with E-state index in [1.807, 2.05) is 36.5 Å². The van der Waals surface area contributed by atoms with Gasteiger partial charge in [0.1, 0.15) is 5.82 Å². The molecule has 0 aliphatic carbocycles. The number of imidazole rings is 1. The lowest BCUT2D eigenvalue weighted by Gasteiger charge is -2.17. The van der Waals surface area contributed by atoms with E-state index in [-0.39, 0.29) is 5.91 Å². The zero-order valence-electron chi connectivity index (χ0n) is 13.8.